The molecule has 0 atom stereocenters. The van der Waals surface area contributed by atoms with Gasteiger partial charge in [0.25, 0.3) is 0 Å². The maximum atomic E-state index is 5.42. The summed E-state index contributed by atoms with van der Waals surface area (Å²) in [5.74, 6) is 1.73. The lowest BCUT2D eigenvalue weighted by molar-refractivity contribution is -0.224. The van der Waals surface area contributed by atoms with E-state index in [1.807, 2.05) is 190 Å². The average molecular weight is 1510 g/mol. The number of oxazole rings is 2. The molecule has 107 heavy (non-hydrogen) atoms. The summed E-state index contributed by atoms with van der Waals surface area (Å²) in [7, 11) is 0. The molecule has 2 aliphatic rings. The summed E-state index contributed by atoms with van der Waals surface area (Å²) < 4.78 is 41.3. The number of imidazole rings is 1. The van der Waals surface area contributed by atoms with Crippen molar-refractivity contribution in [1.82, 2.24) is 79.0 Å². The van der Waals surface area contributed by atoms with Gasteiger partial charge in [0.15, 0.2) is 24.9 Å². The van der Waals surface area contributed by atoms with Crippen LogP contribution in [0.15, 0.2) is 127 Å². The van der Waals surface area contributed by atoms with Crippen LogP contribution in [0.2, 0.25) is 0 Å². The van der Waals surface area contributed by atoms with E-state index >= 15 is 0 Å². The highest BCUT2D eigenvalue weighted by molar-refractivity contribution is 5.14. The van der Waals surface area contributed by atoms with Gasteiger partial charge in [0.05, 0.1) is 68.0 Å². The molecule has 0 bridgehead atoms. The molecule has 0 amide bonds. The molecule has 22 heteroatoms. The first-order valence-electron chi connectivity index (χ1n) is 39.5. The molecule has 8 aromatic heterocycles. The van der Waals surface area contributed by atoms with Crippen LogP contribution in [0.1, 0.15) is 342 Å². The normalized spacial score (nSPS) is 12.5. The van der Waals surface area contributed by atoms with Crippen LogP contribution < -0.4 is 0 Å². The summed E-state index contributed by atoms with van der Waals surface area (Å²) in [4.78, 5) is 15.6. The number of nitrogens with zero attached hydrogens (tertiary/aromatic N) is 15. The van der Waals surface area contributed by atoms with Crippen LogP contribution in [0.4, 0.5) is 0 Å². The number of nitrogens with one attached hydrogen (secondary N) is 1. The Bertz CT molecular complexity index is 2380. The molecule has 0 unspecified atom stereocenters. The number of rotatable bonds is 0. The molecule has 8 aromatic rings. The number of ether oxygens (including phenoxy) is 4. The van der Waals surface area contributed by atoms with Gasteiger partial charge >= 0.3 is 0 Å². The van der Waals surface area contributed by atoms with Crippen molar-refractivity contribution in [2.24, 2.45) is 10.8 Å². The van der Waals surface area contributed by atoms with E-state index in [0.29, 0.717) is 0 Å². The van der Waals surface area contributed by atoms with Gasteiger partial charge in [0, 0.05) is 76.1 Å². The summed E-state index contributed by atoms with van der Waals surface area (Å²) in [6.07, 6.45) is 29.7. The van der Waals surface area contributed by atoms with Gasteiger partial charge in [0.1, 0.15) is 31.0 Å². The minimum atomic E-state index is 0.00116. The van der Waals surface area contributed by atoms with E-state index in [0.717, 1.165) is 44.5 Å². The highest BCUT2D eigenvalue weighted by atomic mass is 16.7. The van der Waals surface area contributed by atoms with Crippen molar-refractivity contribution in [3.63, 3.8) is 0 Å². The molecule has 1 N–H and O–H groups in total. The predicted octanol–water partition coefficient (Wildman–Crippen LogP) is 24.0. The third-order valence-electron chi connectivity index (χ3n) is 12.5. The summed E-state index contributed by atoms with van der Waals surface area (Å²) in [5.41, 5.74) is 2.50. The molecule has 10 heterocycles. The number of aromatic amines is 1. The second-order valence-electron chi connectivity index (χ2n) is 32.1. The number of aromatic nitrogens is 16. The van der Waals surface area contributed by atoms with Crippen molar-refractivity contribution >= 4 is 0 Å². The Balaban J connectivity index is -0.000000166. The first-order valence-corrected chi connectivity index (χ1v) is 39.5. The molecule has 0 aromatic carbocycles. The van der Waals surface area contributed by atoms with Gasteiger partial charge in [0.2, 0.25) is 0 Å². The van der Waals surface area contributed by atoms with Gasteiger partial charge in [-0.05, 0) is 150 Å². The number of H-pyrrole nitrogens is 1. The van der Waals surface area contributed by atoms with Crippen molar-refractivity contribution in [1.29, 1.82) is 0 Å². The molecular weight excluding hydrogens is 1340 g/mol. The molecule has 626 valence electrons. The molecular formula is C85H170N16O6. The lowest BCUT2D eigenvalue weighted by Gasteiger charge is -2.33. The first-order chi connectivity index (χ1) is 49.6. The second kappa shape index (κ2) is 62.2. The third-order valence-corrected chi connectivity index (χ3v) is 12.5. The maximum Gasteiger partial charge on any atom is 0.199 e. The van der Waals surface area contributed by atoms with Crippen LogP contribution in [-0.4, -0.2) is 118 Å². The Morgan fingerprint density at radius 2 is 0.850 bits per heavy atom. The first kappa shape index (κ1) is 116. The van der Waals surface area contributed by atoms with Gasteiger partial charge in [-0.1, -0.05) is 215 Å². The molecule has 0 saturated carbocycles. The maximum absolute atomic E-state index is 5.42. The quantitative estimate of drug-likeness (QED) is 0.149. The Morgan fingerprint density at radius 1 is 0.393 bits per heavy atom. The monoisotopic (exact) mass is 1510 g/mol. The lowest BCUT2D eigenvalue weighted by Crippen LogP contribution is -2.36. The van der Waals surface area contributed by atoms with Crippen LogP contribution in [0.25, 0.3) is 0 Å². The topological polar surface area (TPSA) is 233 Å². The van der Waals surface area contributed by atoms with Crippen LogP contribution in [0.3, 0.4) is 0 Å². The average Bonchev–Trinajstić information content (AvgIpc) is 1.52. The minimum Gasteiger partial charge on any atom is -0.448 e. The molecule has 2 aliphatic heterocycles. The Morgan fingerprint density at radius 3 is 1.05 bits per heavy atom. The Hall–Kier alpha value is -6.62. The smallest absolute Gasteiger partial charge is 0.199 e. The zero-order valence-electron chi connectivity index (χ0n) is 77.8. The van der Waals surface area contributed by atoms with E-state index < -0.39 is 0 Å². The van der Waals surface area contributed by atoms with Gasteiger partial charge in [-0.25, -0.2) is 29.3 Å². The van der Waals surface area contributed by atoms with E-state index in [2.05, 4.69) is 264 Å². The Kier molecular flexibility index (Phi) is 67.5. The standard InChI is InChI=1S/C8H13N.C8H16O2.3C7H12N2.2C7H11NO.C7H14O2.C6H11N3.C5H10N4.8C2H6/c1-8(2,3)9-6-4-5-7-9;1-8(2,3)7-9-5-4-6-10-7;1-7(2,3)6-4-8-9-5-6;1-7(2,3)9-5-4-8-6-9;1-7(2,3)9-6-4-5-8-9;1-7(2,3)6-4-8-5-9-6;2*1-7(2,3)6-8-4-5-9-6;1-6(2,3)9-5-7-4-8-9;1-5(2,3)9-4-6-7-8-9;8*1-2/h4-7H,1-3H3;7H,4-6H2,1-3H3;4-5H,1-3H3,(H,8,9);2*4-6H,1-3H3;2*4-5H,1-3H3;6H,4-5H2,1-3H3;4-5H,1-3H3;4H,1-3H3;8*1-2H3. The van der Waals surface area contributed by atoms with E-state index in [4.69, 9.17) is 27.8 Å². The fourth-order valence-electron chi connectivity index (χ4n) is 6.81. The van der Waals surface area contributed by atoms with Gasteiger partial charge in [-0.2, -0.15) is 15.3 Å². The van der Waals surface area contributed by atoms with E-state index in [1.54, 1.807) is 54.7 Å². The fraction of sp³-hybridized carbons (Fsp3) is 0.741. The van der Waals surface area contributed by atoms with Crippen molar-refractivity contribution in [3.05, 3.63) is 135 Å². The van der Waals surface area contributed by atoms with Crippen LogP contribution in [0.5, 0.6) is 0 Å². The molecule has 10 rings (SSSR count). The predicted molar refractivity (Wildman–Crippen MR) is 455 cm³/mol. The van der Waals surface area contributed by atoms with E-state index in [9.17, 15) is 0 Å². The van der Waals surface area contributed by atoms with Crippen molar-refractivity contribution in [2.75, 3.05) is 26.4 Å². The van der Waals surface area contributed by atoms with E-state index in [-0.39, 0.29) is 67.3 Å². The fourth-order valence-corrected chi connectivity index (χ4v) is 6.81. The van der Waals surface area contributed by atoms with Crippen LogP contribution in [-0.2, 0) is 62.9 Å². The molecule has 22 nitrogen and oxygen atoms in total. The summed E-state index contributed by atoms with van der Waals surface area (Å²) in [6.45, 7) is 98.7. The summed E-state index contributed by atoms with van der Waals surface area (Å²) in [5, 5.41) is 25.5. The van der Waals surface area contributed by atoms with Gasteiger partial charge in [-0.3, -0.25) is 9.78 Å². The highest BCUT2D eigenvalue weighted by Crippen LogP contribution is 2.27. The van der Waals surface area contributed by atoms with Crippen LogP contribution >= 0.6 is 0 Å². The minimum absolute atomic E-state index is 0.00116. The van der Waals surface area contributed by atoms with Crippen LogP contribution in [0, 0.1) is 10.8 Å². The molecule has 2 fully saturated rings. The van der Waals surface area contributed by atoms with Gasteiger partial charge in [-0.15, -0.1) is 5.10 Å². The summed E-state index contributed by atoms with van der Waals surface area (Å²) >= 11 is 0. The SMILES string of the molecule is CC.CC.CC.CC.CC.CC.CC.CC.CC(C)(C)C1OCCCO1.CC(C)(C)C1OCCO1.CC(C)(C)c1cn[nH]c1.CC(C)(C)c1cnco1.CC(C)(C)c1ncco1.CC(C)(C)n1cccc1.CC(C)(C)n1cccn1.CC(C)(C)n1ccnc1.CC(C)(C)n1cncn1.CC(C)(C)n1cnnn1. The van der Waals surface area contributed by atoms with Crippen molar-refractivity contribution in [3.8, 4) is 0 Å². The molecule has 0 spiro atoms. The third kappa shape index (κ3) is 60.9. The second-order valence-corrected chi connectivity index (χ2v) is 32.1. The van der Waals surface area contributed by atoms with E-state index in [1.165, 1.54) is 12.0 Å². The number of hydrogen-bond acceptors (Lipinski definition) is 16. The van der Waals surface area contributed by atoms with Crippen molar-refractivity contribution < 1.29 is 27.8 Å². The molecule has 0 radical (unpaired) electrons. The highest BCUT2D eigenvalue weighted by Gasteiger charge is 2.30. The number of hydrogen-bond donors (Lipinski definition) is 1. The summed E-state index contributed by atoms with van der Waals surface area (Å²) in [6, 6.07) is 6.03. The lowest BCUT2D eigenvalue weighted by atomic mass is 9.90. The Labute approximate surface area is 657 Å². The number of tetrazole rings is 1. The largest absolute Gasteiger partial charge is 0.448 e. The van der Waals surface area contributed by atoms with Gasteiger partial charge < -0.3 is 36.9 Å². The zero-order chi connectivity index (χ0) is 85.8. The molecule has 0 aliphatic carbocycles. The zero-order valence-corrected chi connectivity index (χ0v) is 77.8. The van der Waals surface area contributed by atoms with Crippen molar-refractivity contribution in [2.45, 2.75) is 381 Å². The molecule has 2 saturated heterocycles.